The predicted octanol–water partition coefficient (Wildman–Crippen LogP) is 5.40. The summed E-state index contributed by atoms with van der Waals surface area (Å²) >= 11 is 0. The molecule has 3 fully saturated rings. The number of halogens is 1. The molecule has 1 aromatic rings. The molecule has 2 aliphatic carbocycles. The molecule has 0 radical (unpaired) electrons. The van der Waals surface area contributed by atoms with Crippen LogP contribution in [-0.2, 0) is 9.53 Å². The Kier molecular flexibility index (Phi) is 7.27. The van der Waals surface area contributed by atoms with Gasteiger partial charge in [0, 0.05) is 38.1 Å². The molecule has 0 spiro atoms. The minimum atomic E-state index is -0.172. The fourth-order valence-electron chi connectivity index (χ4n) is 6.85. The number of nitrogens with two attached hydrogens (primary N) is 1. The van der Waals surface area contributed by atoms with Crippen LogP contribution in [0, 0.1) is 29.0 Å². The molecule has 5 nitrogen and oxygen atoms in total. The fraction of sp³-hybridized carbons (Fsp3) is 0.645. The van der Waals surface area contributed by atoms with Gasteiger partial charge in [-0.3, -0.25) is 4.79 Å². The van der Waals surface area contributed by atoms with Crippen molar-refractivity contribution in [3.8, 4) is 0 Å². The monoisotopic (exact) mass is 509 g/mol. The van der Waals surface area contributed by atoms with Gasteiger partial charge in [-0.1, -0.05) is 32.9 Å². The van der Waals surface area contributed by atoms with Crippen molar-refractivity contribution in [3.05, 3.63) is 47.3 Å². The molecule has 1 aromatic carbocycles. The van der Waals surface area contributed by atoms with E-state index in [9.17, 15) is 9.18 Å². The summed E-state index contributed by atoms with van der Waals surface area (Å²) in [5.74, 6) is 1.25. The number of morpholine rings is 1. The van der Waals surface area contributed by atoms with Gasteiger partial charge in [0.2, 0.25) is 5.91 Å². The molecular weight excluding hydrogens is 465 g/mol. The minimum Gasteiger partial charge on any atom is -0.372 e. The normalized spacial score (nSPS) is 32.1. The van der Waals surface area contributed by atoms with Crippen molar-refractivity contribution in [2.24, 2.45) is 28.9 Å². The van der Waals surface area contributed by atoms with Crippen molar-refractivity contribution in [1.82, 2.24) is 4.90 Å². The first-order valence-corrected chi connectivity index (χ1v) is 14.3. The number of ether oxygens (including phenoxy) is 1. The van der Waals surface area contributed by atoms with E-state index in [1.165, 1.54) is 17.6 Å². The van der Waals surface area contributed by atoms with Gasteiger partial charge in [-0.2, -0.15) is 0 Å². The zero-order valence-corrected chi connectivity index (χ0v) is 23.2. The maximum Gasteiger partial charge on any atom is 0.225 e. The second-order valence-corrected chi connectivity index (χ2v) is 12.4. The number of allylic oxidation sites excluding steroid dienone is 4. The number of nitrogens with zero attached hydrogens (tertiary/aromatic N) is 2. The summed E-state index contributed by atoms with van der Waals surface area (Å²) in [4.78, 5) is 16.5. The average Bonchev–Trinajstić information content (AvgIpc) is 3.77. The number of benzene rings is 1. The molecule has 2 N–H and O–H groups in total. The number of carbonyl (C=O) groups is 1. The molecule has 0 aromatic heterocycles. The summed E-state index contributed by atoms with van der Waals surface area (Å²) in [5.41, 5.74) is 11.3. The van der Waals surface area contributed by atoms with Gasteiger partial charge < -0.3 is 20.3 Å². The molecule has 6 heteroatoms. The van der Waals surface area contributed by atoms with Gasteiger partial charge in [0.05, 0.1) is 17.9 Å². The second kappa shape index (κ2) is 10.2. The molecule has 37 heavy (non-hydrogen) atoms. The first-order valence-electron chi connectivity index (χ1n) is 14.3. The van der Waals surface area contributed by atoms with Gasteiger partial charge in [-0.15, -0.1) is 0 Å². The molecule has 2 heterocycles. The highest BCUT2D eigenvalue weighted by Gasteiger charge is 2.56. The van der Waals surface area contributed by atoms with Crippen LogP contribution in [0.5, 0.6) is 0 Å². The summed E-state index contributed by atoms with van der Waals surface area (Å²) in [7, 11) is 0. The largest absolute Gasteiger partial charge is 0.372 e. The maximum atomic E-state index is 14.8. The van der Waals surface area contributed by atoms with E-state index in [-0.39, 0.29) is 41.3 Å². The first-order chi connectivity index (χ1) is 17.6. The Balaban J connectivity index is 1.21. The lowest BCUT2D eigenvalue weighted by Crippen LogP contribution is -2.48. The third-order valence-electron chi connectivity index (χ3n) is 9.27. The Morgan fingerprint density at radius 3 is 2.43 bits per heavy atom. The highest BCUT2D eigenvalue weighted by atomic mass is 19.1. The molecule has 202 valence electrons. The SMILES string of the molecule is CC1CN(c2cc(C3=CC/3=C/CC3(C(N)C4CCN(C(=O)C(C)C)CC4)CC3C)ccc2F)CC(C)O1. The lowest BCUT2D eigenvalue weighted by molar-refractivity contribution is -0.136. The summed E-state index contributed by atoms with van der Waals surface area (Å²) in [6.45, 7) is 13.4. The molecule has 2 saturated heterocycles. The standard InChI is InChI=1S/C31H44FN3O2/c1-19(2)30(36)34-12-9-23(10-13-34)29(33)31(16-20(31)3)11-8-25-14-26(25)24-6-7-27(32)28(15-24)35-17-21(4)37-22(5)18-35/h6-8,14-15,19-23,29H,9-13,16-18,33H2,1-5H3/b25-8-. The van der Waals surface area contributed by atoms with Gasteiger partial charge in [-0.05, 0) is 91.7 Å². The highest BCUT2D eigenvalue weighted by molar-refractivity contribution is 5.97. The minimum absolute atomic E-state index is 0.0602. The van der Waals surface area contributed by atoms with Gasteiger partial charge in [0.25, 0.3) is 0 Å². The average molecular weight is 510 g/mol. The van der Waals surface area contributed by atoms with E-state index in [0.717, 1.165) is 37.9 Å². The number of piperidine rings is 1. The second-order valence-electron chi connectivity index (χ2n) is 12.4. The van der Waals surface area contributed by atoms with E-state index in [4.69, 9.17) is 10.5 Å². The predicted molar refractivity (Wildman–Crippen MR) is 148 cm³/mol. The van der Waals surface area contributed by atoms with Gasteiger partial charge >= 0.3 is 0 Å². The number of amides is 1. The van der Waals surface area contributed by atoms with Crippen LogP contribution in [0.2, 0.25) is 0 Å². The van der Waals surface area contributed by atoms with Crippen LogP contribution in [0.3, 0.4) is 0 Å². The van der Waals surface area contributed by atoms with E-state index >= 15 is 0 Å². The zero-order valence-electron chi connectivity index (χ0n) is 23.2. The lowest BCUT2D eigenvalue weighted by atomic mass is 9.77. The first kappa shape index (κ1) is 26.4. The van der Waals surface area contributed by atoms with Gasteiger partial charge in [0.1, 0.15) is 5.82 Å². The molecule has 4 aliphatic rings. The van der Waals surface area contributed by atoms with Crippen LogP contribution < -0.4 is 10.6 Å². The van der Waals surface area contributed by atoms with E-state index in [0.29, 0.717) is 30.6 Å². The van der Waals surface area contributed by atoms with Crippen LogP contribution >= 0.6 is 0 Å². The lowest BCUT2D eigenvalue weighted by Gasteiger charge is -2.38. The fourth-order valence-corrected chi connectivity index (χ4v) is 6.85. The number of hydrogen-bond acceptors (Lipinski definition) is 4. The van der Waals surface area contributed by atoms with Crippen LogP contribution in [0.25, 0.3) is 5.57 Å². The molecule has 5 rings (SSSR count). The number of anilines is 1. The Bertz CT molecular complexity index is 1080. The molecule has 1 saturated carbocycles. The van der Waals surface area contributed by atoms with Gasteiger partial charge in [-0.25, -0.2) is 4.39 Å². The molecule has 5 atom stereocenters. The molecule has 2 aliphatic heterocycles. The molecule has 1 amide bonds. The highest BCUT2D eigenvalue weighted by Crippen LogP contribution is 2.60. The van der Waals surface area contributed by atoms with Crippen molar-refractivity contribution in [2.75, 3.05) is 31.1 Å². The smallest absolute Gasteiger partial charge is 0.225 e. The Morgan fingerprint density at radius 1 is 1.19 bits per heavy atom. The topological polar surface area (TPSA) is 58.8 Å². The Labute approximate surface area is 221 Å². The van der Waals surface area contributed by atoms with Crippen molar-refractivity contribution in [1.29, 1.82) is 0 Å². The van der Waals surface area contributed by atoms with Crippen molar-refractivity contribution in [2.45, 2.75) is 78.6 Å². The van der Waals surface area contributed by atoms with Crippen molar-refractivity contribution in [3.63, 3.8) is 0 Å². The number of rotatable bonds is 7. The van der Waals surface area contributed by atoms with Crippen molar-refractivity contribution < 1.29 is 13.9 Å². The van der Waals surface area contributed by atoms with Crippen LogP contribution in [-0.4, -0.2) is 55.2 Å². The number of likely N-dealkylation sites (tertiary alicyclic amines) is 1. The number of carbonyl (C=O) groups excluding carboxylic acids is 1. The van der Waals surface area contributed by atoms with Gasteiger partial charge in [0.15, 0.2) is 0 Å². The van der Waals surface area contributed by atoms with E-state index in [2.05, 4.69) is 24.0 Å². The van der Waals surface area contributed by atoms with Crippen LogP contribution in [0.15, 0.2) is 35.9 Å². The summed E-state index contributed by atoms with van der Waals surface area (Å²) in [5, 5.41) is 0. The van der Waals surface area contributed by atoms with E-state index < -0.39 is 0 Å². The summed E-state index contributed by atoms with van der Waals surface area (Å²) < 4.78 is 20.6. The zero-order chi connectivity index (χ0) is 26.5. The molecular formula is C31H44FN3O2. The summed E-state index contributed by atoms with van der Waals surface area (Å²) in [6, 6.07) is 5.66. The van der Waals surface area contributed by atoms with E-state index in [1.54, 1.807) is 6.07 Å². The maximum absolute atomic E-state index is 14.8. The quantitative estimate of drug-likeness (QED) is 0.535. The summed E-state index contributed by atoms with van der Waals surface area (Å²) in [6.07, 6.45) is 8.92. The third-order valence-corrected chi connectivity index (χ3v) is 9.27. The van der Waals surface area contributed by atoms with Crippen LogP contribution in [0.1, 0.15) is 65.9 Å². The molecule has 5 unspecified atom stereocenters. The van der Waals surface area contributed by atoms with E-state index in [1.807, 2.05) is 44.7 Å². The molecule has 0 bridgehead atoms. The number of hydrogen-bond donors (Lipinski definition) is 1. The third kappa shape index (κ3) is 5.37. The van der Waals surface area contributed by atoms with Crippen LogP contribution in [0.4, 0.5) is 10.1 Å². The van der Waals surface area contributed by atoms with Crippen molar-refractivity contribution >= 4 is 17.2 Å². The Hall–Kier alpha value is -2.18. The Morgan fingerprint density at radius 2 is 1.84 bits per heavy atom.